The summed E-state index contributed by atoms with van der Waals surface area (Å²) < 4.78 is 5.83. The lowest BCUT2D eigenvalue weighted by molar-refractivity contribution is -0.107. The van der Waals surface area contributed by atoms with Gasteiger partial charge in [0.05, 0.1) is 12.2 Å². The van der Waals surface area contributed by atoms with Crippen LogP contribution in [0, 0.1) is 0 Å². The van der Waals surface area contributed by atoms with Gasteiger partial charge in [-0.2, -0.15) is 0 Å². The van der Waals surface area contributed by atoms with Gasteiger partial charge in [0.25, 0.3) is 0 Å². The van der Waals surface area contributed by atoms with Gasteiger partial charge in [0.1, 0.15) is 5.75 Å². The molecule has 0 unspecified atom stereocenters. The second-order valence-corrected chi connectivity index (χ2v) is 4.49. The molecule has 0 radical (unpaired) electrons. The highest BCUT2D eigenvalue weighted by Gasteiger charge is 2.20. The molecule has 0 saturated carbocycles. The predicted molar refractivity (Wildman–Crippen MR) is 70.2 cm³/mol. The smallest absolute Gasteiger partial charge is 0.214 e. The summed E-state index contributed by atoms with van der Waals surface area (Å²) in [6, 6.07) is 12.9. The van der Waals surface area contributed by atoms with Crippen LogP contribution in [0.5, 0.6) is 11.5 Å². The molecule has 0 aliphatic carbocycles. The van der Waals surface area contributed by atoms with E-state index < -0.39 is 0 Å². The van der Waals surface area contributed by atoms with Crippen molar-refractivity contribution in [2.24, 2.45) is 0 Å². The maximum absolute atomic E-state index is 11.2. The van der Waals surface area contributed by atoms with Crippen molar-refractivity contribution in [3.8, 4) is 11.5 Å². The molecule has 1 aliphatic heterocycles. The second-order valence-electron chi connectivity index (χ2n) is 4.06. The Morgan fingerprint density at radius 3 is 2.83 bits per heavy atom. The van der Waals surface area contributed by atoms with Crippen LogP contribution in [0.15, 0.2) is 42.5 Å². The zero-order valence-electron chi connectivity index (χ0n) is 9.47. The van der Waals surface area contributed by atoms with Gasteiger partial charge in [0.2, 0.25) is 6.41 Å². The Hall–Kier alpha value is -2.00. The van der Waals surface area contributed by atoms with E-state index in [2.05, 4.69) is 0 Å². The van der Waals surface area contributed by atoms with E-state index in [4.69, 9.17) is 16.3 Å². The second kappa shape index (κ2) is 4.35. The summed E-state index contributed by atoms with van der Waals surface area (Å²) >= 11 is 5.97. The third-order valence-electron chi connectivity index (χ3n) is 2.89. The normalized spacial score (nSPS) is 13.1. The molecule has 1 amide bonds. The van der Waals surface area contributed by atoms with E-state index in [1.165, 1.54) is 0 Å². The Bertz CT molecular complexity index is 612. The third-order valence-corrected chi connectivity index (χ3v) is 3.13. The molecule has 0 bridgehead atoms. The number of nitrogens with zero attached hydrogens (tertiary/aromatic N) is 1. The van der Waals surface area contributed by atoms with E-state index in [1.54, 1.807) is 23.1 Å². The molecular weight excluding hydrogens is 250 g/mol. The summed E-state index contributed by atoms with van der Waals surface area (Å²) in [5.74, 6) is 1.40. The van der Waals surface area contributed by atoms with Gasteiger partial charge in [-0.05, 0) is 24.3 Å². The molecule has 3 nitrogen and oxygen atoms in total. The van der Waals surface area contributed by atoms with Gasteiger partial charge < -0.3 is 9.64 Å². The van der Waals surface area contributed by atoms with Gasteiger partial charge in [-0.25, -0.2) is 0 Å². The number of halogens is 1. The summed E-state index contributed by atoms with van der Waals surface area (Å²) in [5, 5.41) is 0.579. The van der Waals surface area contributed by atoms with E-state index in [1.807, 2.05) is 24.3 Å². The first kappa shape index (κ1) is 11.1. The van der Waals surface area contributed by atoms with Crippen molar-refractivity contribution in [3.63, 3.8) is 0 Å². The lowest BCUT2D eigenvalue weighted by atomic mass is 10.2. The maximum Gasteiger partial charge on any atom is 0.214 e. The highest BCUT2D eigenvalue weighted by atomic mass is 35.5. The molecule has 0 spiro atoms. The number of anilines is 1. The molecule has 0 saturated heterocycles. The van der Waals surface area contributed by atoms with Crippen LogP contribution in [0.1, 0.15) is 5.56 Å². The third kappa shape index (κ3) is 1.83. The summed E-state index contributed by atoms with van der Waals surface area (Å²) in [4.78, 5) is 12.8. The Kier molecular flexibility index (Phi) is 2.68. The highest BCUT2D eigenvalue weighted by molar-refractivity contribution is 6.31. The Labute approximate surface area is 110 Å². The minimum absolute atomic E-state index is 0.479. The number of para-hydroxylation sites is 1. The van der Waals surface area contributed by atoms with Crippen LogP contribution < -0.4 is 9.64 Å². The quantitative estimate of drug-likeness (QED) is 0.732. The molecular formula is C14H10ClNO2. The number of rotatable bonds is 1. The minimum Gasteiger partial charge on any atom is -0.455 e. The predicted octanol–water partition coefficient (Wildman–Crippen LogP) is 3.61. The molecule has 0 fully saturated rings. The molecule has 18 heavy (non-hydrogen) atoms. The Balaban J connectivity index is 2.17. The number of hydrogen-bond donors (Lipinski definition) is 0. The van der Waals surface area contributed by atoms with E-state index in [0.717, 1.165) is 17.7 Å². The van der Waals surface area contributed by atoms with E-state index >= 15 is 0 Å². The van der Waals surface area contributed by atoms with E-state index in [-0.39, 0.29) is 0 Å². The van der Waals surface area contributed by atoms with Crippen molar-refractivity contribution >= 4 is 23.7 Å². The highest BCUT2D eigenvalue weighted by Crippen LogP contribution is 2.39. The fourth-order valence-electron chi connectivity index (χ4n) is 2.02. The molecule has 0 atom stereocenters. The van der Waals surface area contributed by atoms with Gasteiger partial charge in [-0.3, -0.25) is 4.79 Å². The van der Waals surface area contributed by atoms with Crippen LogP contribution in [-0.4, -0.2) is 6.41 Å². The first-order valence-corrected chi connectivity index (χ1v) is 5.93. The molecule has 2 aromatic rings. The molecule has 4 heteroatoms. The fraction of sp³-hybridized carbons (Fsp3) is 0.0714. The van der Waals surface area contributed by atoms with Crippen LogP contribution >= 0.6 is 11.6 Å². The molecule has 0 aromatic heterocycles. The molecule has 1 heterocycles. The van der Waals surface area contributed by atoms with E-state index in [0.29, 0.717) is 23.0 Å². The number of amides is 1. The molecule has 3 rings (SSSR count). The van der Waals surface area contributed by atoms with E-state index in [9.17, 15) is 4.79 Å². The zero-order valence-corrected chi connectivity index (χ0v) is 10.2. The van der Waals surface area contributed by atoms with Crippen molar-refractivity contribution in [2.45, 2.75) is 6.54 Å². The summed E-state index contributed by atoms with van der Waals surface area (Å²) in [5.41, 5.74) is 1.66. The monoisotopic (exact) mass is 259 g/mol. The van der Waals surface area contributed by atoms with Gasteiger partial charge in [0, 0.05) is 10.6 Å². The molecule has 2 aromatic carbocycles. The minimum atomic E-state index is 0.479. The lowest BCUT2D eigenvalue weighted by Crippen LogP contribution is -2.19. The Morgan fingerprint density at radius 2 is 2.00 bits per heavy atom. The molecule has 1 aliphatic rings. The van der Waals surface area contributed by atoms with Crippen molar-refractivity contribution in [3.05, 3.63) is 53.1 Å². The topological polar surface area (TPSA) is 29.5 Å². The lowest BCUT2D eigenvalue weighted by Gasteiger charge is -2.16. The van der Waals surface area contributed by atoms with Crippen LogP contribution in [0.3, 0.4) is 0 Å². The van der Waals surface area contributed by atoms with Crippen LogP contribution in [0.4, 0.5) is 5.69 Å². The van der Waals surface area contributed by atoms with Crippen molar-refractivity contribution in [2.75, 3.05) is 4.90 Å². The standard InChI is InChI=1S/C14H10ClNO2/c15-11-5-6-14-12(7-11)16(9-17)8-10-3-1-2-4-13(10)18-14/h1-7,9H,8H2. The number of hydrogen-bond acceptors (Lipinski definition) is 2. The number of fused-ring (bicyclic) bond motifs is 2. The first-order chi connectivity index (χ1) is 8.78. The first-order valence-electron chi connectivity index (χ1n) is 5.55. The average molecular weight is 260 g/mol. The molecule has 0 N–H and O–H groups in total. The van der Waals surface area contributed by atoms with Gasteiger partial charge in [-0.15, -0.1) is 0 Å². The summed E-state index contributed by atoms with van der Waals surface area (Å²) in [6.45, 7) is 0.479. The Morgan fingerprint density at radius 1 is 1.17 bits per heavy atom. The van der Waals surface area contributed by atoms with Crippen LogP contribution in [-0.2, 0) is 11.3 Å². The van der Waals surface area contributed by atoms with Gasteiger partial charge in [0.15, 0.2) is 5.75 Å². The van der Waals surface area contributed by atoms with Crippen LogP contribution in [0.25, 0.3) is 0 Å². The van der Waals surface area contributed by atoms with Crippen molar-refractivity contribution < 1.29 is 9.53 Å². The van der Waals surface area contributed by atoms with Crippen LogP contribution in [0.2, 0.25) is 5.02 Å². The van der Waals surface area contributed by atoms with Gasteiger partial charge in [-0.1, -0.05) is 29.8 Å². The summed E-state index contributed by atoms with van der Waals surface area (Å²) in [7, 11) is 0. The largest absolute Gasteiger partial charge is 0.455 e. The number of benzene rings is 2. The van der Waals surface area contributed by atoms with Gasteiger partial charge >= 0.3 is 0 Å². The number of ether oxygens (including phenoxy) is 1. The SMILES string of the molecule is O=CN1Cc2ccccc2Oc2ccc(Cl)cc21. The number of carbonyl (C=O) groups excluding carboxylic acids is 1. The average Bonchev–Trinajstić information content (AvgIpc) is 2.54. The summed E-state index contributed by atoms with van der Waals surface area (Å²) in [6.07, 6.45) is 0.792. The molecule has 90 valence electrons. The fourth-order valence-corrected chi connectivity index (χ4v) is 2.18. The van der Waals surface area contributed by atoms with Crippen molar-refractivity contribution in [1.29, 1.82) is 0 Å². The maximum atomic E-state index is 11.2. The van der Waals surface area contributed by atoms with Crippen molar-refractivity contribution in [1.82, 2.24) is 0 Å². The zero-order chi connectivity index (χ0) is 12.5. The number of carbonyl (C=O) groups is 1.